The number of piperazine rings is 1. The molecule has 6 nitrogen and oxygen atoms in total. The first-order valence-electron chi connectivity index (χ1n) is 11.6. The minimum atomic E-state index is -4.40. The van der Waals surface area contributed by atoms with Crippen LogP contribution in [0.1, 0.15) is 59.5 Å². The summed E-state index contributed by atoms with van der Waals surface area (Å²) in [5, 5.41) is 0. The summed E-state index contributed by atoms with van der Waals surface area (Å²) >= 11 is 0. The number of aryl methyl sites for hydroxylation is 1. The van der Waals surface area contributed by atoms with E-state index in [9.17, 15) is 22.8 Å². The van der Waals surface area contributed by atoms with Gasteiger partial charge in [0, 0.05) is 43.9 Å². The van der Waals surface area contributed by atoms with E-state index in [0.29, 0.717) is 49.3 Å². The van der Waals surface area contributed by atoms with Gasteiger partial charge in [0.05, 0.1) is 11.1 Å². The number of fused-ring (bicyclic) bond motifs is 1. The van der Waals surface area contributed by atoms with Gasteiger partial charge in [0.2, 0.25) is 0 Å². The van der Waals surface area contributed by atoms with Gasteiger partial charge in [0.1, 0.15) is 11.7 Å². The van der Waals surface area contributed by atoms with E-state index in [4.69, 9.17) is 9.47 Å². The molecule has 0 bridgehead atoms. The van der Waals surface area contributed by atoms with Crippen molar-refractivity contribution in [2.75, 3.05) is 31.1 Å². The molecule has 0 spiro atoms. The number of anilines is 1. The number of nitrogens with zero attached hydrogens (tertiary/aromatic N) is 2. The smallest absolute Gasteiger partial charge is 0.416 e. The first-order valence-corrected chi connectivity index (χ1v) is 11.6. The molecule has 188 valence electrons. The summed E-state index contributed by atoms with van der Waals surface area (Å²) in [5.41, 5.74) is 2.01. The number of ether oxygens (including phenoxy) is 2. The standard InChI is InChI=1S/C26H29F3N2O4/c1-16-13-18(26(27,28)29)6-5-17(16)14-22-20-8-7-19(15-21(20)23(32)34-22)30-9-11-31(12-10-30)24(33)35-25(2,3)4/h5-8,13,15,22H,9-12,14H2,1-4H3. The second-order valence-corrected chi connectivity index (χ2v) is 9.96. The molecule has 4 rings (SSSR count). The molecule has 35 heavy (non-hydrogen) atoms. The third kappa shape index (κ3) is 5.55. The van der Waals surface area contributed by atoms with Crippen LogP contribution in [-0.4, -0.2) is 48.7 Å². The number of amides is 1. The van der Waals surface area contributed by atoms with E-state index in [1.165, 1.54) is 6.07 Å². The van der Waals surface area contributed by atoms with E-state index in [2.05, 4.69) is 4.90 Å². The Morgan fingerprint density at radius 3 is 2.34 bits per heavy atom. The Hall–Kier alpha value is -3.23. The molecule has 9 heteroatoms. The van der Waals surface area contributed by atoms with Gasteiger partial charge < -0.3 is 19.3 Å². The number of hydrogen-bond acceptors (Lipinski definition) is 5. The fourth-order valence-corrected chi connectivity index (χ4v) is 4.38. The number of carbonyl (C=O) groups excluding carboxylic acids is 2. The number of halogens is 3. The molecule has 1 unspecified atom stereocenters. The molecule has 1 atom stereocenters. The van der Waals surface area contributed by atoms with Gasteiger partial charge in [-0.1, -0.05) is 12.1 Å². The Morgan fingerprint density at radius 1 is 1.06 bits per heavy atom. The van der Waals surface area contributed by atoms with Crippen LogP contribution < -0.4 is 4.90 Å². The highest BCUT2D eigenvalue weighted by Crippen LogP contribution is 2.37. The highest BCUT2D eigenvalue weighted by Gasteiger charge is 2.34. The van der Waals surface area contributed by atoms with E-state index in [1.807, 2.05) is 32.9 Å². The number of alkyl halides is 3. The lowest BCUT2D eigenvalue weighted by Crippen LogP contribution is -2.50. The number of benzene rings is 2. The zero-order valence-electron chi connectivity index (χ0n) is 20.2. The second kappa shape index (κ2) is 9.09. The molecular formula is C26H29F3N2O4. The van der Waals surface area contributed by atoms with Gasteiger partial charge in [0.15, 0.2) is 0 Å². The molecular weight excluding hydrogens is 461 g/mol. The SMILES string of the molecule is Cc1cc(C(F)(F)F)ccc1CC1OC(=O)c2cc(N3CCN(C(=O)OC(C)(C)C)CC3)ccc21. The lowest BCUT2D eigenvalue weighted by atomic mass is 9.95. The van der Waals surface area contributed by atoms with Gasteiger partial charge >= 0.3 is 18.2 Å². The summed E-state index contributed by atoms with van der Waals surface area (Å²) < 4.78 is 49.9. The quantitative estimate of drug-likeness (QED) is 0.530. The molecule has 1 saturated heterocycles. The summed E-state index contributed by atoms with van der Waals surface area (Å²) in [6, 6.07) is 9.17. The van der Waals surface area contributed by atoms with Crippen LogP contribution in [0.3, 0.4) is 0 Å². The van der Waals surface area contributed by atoms with Gasteiger partial charge in [-0.3, -0.25) is 0 Å². The molecule has 1 amide bonds. The van der Waals surface area contributed by atoms with E-state index in [-0.39, 0.29) is 6.09 Å². The Morgan fingerprint density at radius 2 is 1.74 bits per heavy atom. The molecule has 2 heterocycles. The van der Waals surface area contributed by atoms with Crippen LogP contribution in [0.4, 0.5) is 23.7 Å². The maximum absolute atomic E-state index is 13.0. The average Bonchev–Trinajstić information content (AvgIpc) is 3.08. The largest absolute Gasteiger partial charge is 0.454 e. The van der Waals surface area contributed by atoms with Crippen molar-refractivity contribution in [3.63, 3.8) is 0 Å². The number of hydrogen-bond donors (Lipinski definition) is 0. The van der Waals surface area contributed by atoms with Gasteiger partial charge in [0.25, 0.3) is 0 Å². The Labute approximate surface area is 202 Å². The van der Waals surface area contributed by atoms with Crippen LogP contribution in [0.15, 0.2) is 36.4 Å². The van der Waals surface area contributed by atoms with Crippen LogP contribution >= 0.6 is 0 Å². The number of esters is 1. The van der Waals surface area contributed by atoms with E-state index < -0.39 is 29.4 Å². The van der Waals surface area contributed by atoms with Gasteiger partial charge in [-0.25, -0.2) is 9.59 Å². The molecule has 2 aromatic carbocycles. The zero-order valence-corrected chi connectivity index (χ0v) is 20.2. The Bertz CT molecular complexity index is 1130. The predicted octanol–water partition coefficient (Wildman–Crippen LogP) is 5.53. The summed E-state index contributed by atoms with van der Waals surface area (Å²) in [5.74, 6) is -0.441. The second-order valence-electron chi connectivity index (χ2n) is 9.96. The van der Waals surface area contributed by atoms with Gasteiger partial charge in [-0.2, -0.15) is 13.2 Å². The van der Waals surface area contributed by atoms with Crippen LogP contribution in [0.5, 0.6) is 0 Å². The molecule has 2 aliphatic heterocycles. The van der Waals surface area contributed by atoms with Gasteiger partial charge in [-0.05, 0) is 63.1 Å². The van der Waals surface area contributed by atoms with Crippen molar-refractivity contribution >= 4 is 17.7 Å². The third-order valence-electron chi connectivity index (χ3n) is 6.22. The van der Waals surface area contributed by atoms with Crippen molar-refractivity contribution in [2.45, 2.75) is 52.0 Å². The molecule has 2 aromatic rings. The summed E-state index contributed by atoms with van der Waals surface area (Å²) in [7, 11) is 0. The number of rotatable bonds is 3. The highest BCUT2D eigenvalue weighted by molar-refractivity contribution is 5.95. The molecule has 0 radical (unpaired) electrons. The molecule has 0 aliphatic carbocycles. The average molecular weight is 491 g/mol. The molecule has 0 aromatic heterocycles. The van der Waals surface area contributed by atoms with Crippen LogP contribution in [0.25, 0.3) is 0 Å². The van der Waals surface area contributed by atoms with Crippen molar-refractivity contribution in [2.24, 2.45) is 0 Å². The highest BCUT2D eigenvalue weighted by atomic mass is 19.4. The fraction of sp³-hybridized carbons (Fsp3) is 0.462. The topological polar surface area (TPSA) is 59.1 Å². The molecule has 0 saturated carbocycles. The summed E-state index contributed by atoms with van der Waals surface area (Å²) in [6.07, 6.45) is -4.98. The van der Waals surface area contributed by atoms with Crippen molar-refractivity contribution in [3.8, 4) is 0 Å². The Kier molecular flexibility index (Phi) is 6.46. The predicted molar refractivity (Wildman–Crippen MR) is 125 cm³/mol. The Balaban J connectivity index is 1.44. The maximum Gasteiger partial charge on any atom is 0.416 e. The van der Waals surface area contributed by atoms with E-state index >= 15 is 0 Å². The first-order chi connectivity index (χ1) is 16.3. The third-order valence-corrected chi connectivity index (χ3v) is 6.22. The first kappa shape index (κ1) is 24.9. The minimum Gasteiger partial charge on any atom is -0.454 e. The van der Waals surface area contributed by atoms with Crippen LogP contribution in [0, 0.1) is 6.92 Å². The summed E-state index contributed by atoms with van der Waals surface area (Å²) in [4.78, 5) is 28.7. The lowest BCUT2D eigenvalue weighted by molar-refractivity contribution is -0.137. The maximum atomic E-state index is 13.0. The van der Waals surface area contributed by atoms with Crippen molar-refractivity contribution < 1.29 is 32.2 Å². The van der Waals surface area contributed by atoms with Crippen molar-refractivity contribution in [1.29, 1.82) is 0 Å². The molecule has 1 fully saturated rings. The van der Waals surface area contributed by atoms with E-state index in [0.717, 1.165) is 23.4 Å². The normalized spacial score (nSPS) is 18.4. The molecule has 0 N–H and O–H groups in total. The monoisotopic (exact) mass is 490 g/mol. The number of carbonyl (C=O) groups is 2. The zero-order chi connectivity index (χ0) is 25.5. The van der Waals surface area contributed by atoms with Gasteiger partial charge in [-0.15, -0.1) is 0 Å². The molecule has 2 aliphatic rings. The fourth-order valence-electron chi connectivity index (χ4n) is 4.38. The van der Waals surface area contributed by atoms with Crippen LogP contribution in [-0.2, 0) is 22.1 Å². The minimum absolute atomic E-state index is 0.302. The van der Waals surface area contributed by atoms with E-state index in [1.54, 1.807) is 17.9 Å². The number of cyclic esters (lactones) is 1. The van der Waals surface area contributed by atoms with Crippen molar-refractivity contribution in [1.82, 2.24) is 4.90 Å². The summed E-state index contributed by atoms with van der Waals surface area (Å²) in [6.45, 7) is 9.33. The lowest BCUT2D eigenvalue weighted by Gasteiger charge is -2.36. The van der Waals surface area contributed by atoms with Crippen molar-refractivity contribution in [3.05, 3.63) is 64.2 Å². The van der Waals surface area contributed by atoms with Crippen LogP contribution in [0.2, 0.25) is 0 Å².